The minimum Gasteiger partial charge on any atom is -1.00 e. The van der Waals surface area contributed by atoms with E-state index in [2.05, 4.69) is 81.4 Å². The molecule has 0 bridgehead atoms. The summed E-state index contributed by atoms with van der Waals surface area (Å²) >= 11 is 0. The fraction of sp³-hybridized carbons (Fsp3) is 0.368. The molecular formula is C19H24Cl2Mg. The van der Waals surface area contributed by atoms with Crippen LogP contribution in [0.25, 0.3) is 0 Å². The summed E-state index contributed by atoms with van der Waals surface area (Å²) < 4.78 is 0. The van der Waals surface area contributed by atoms with Crippen molar-refractivity contribution in [3.63, 3.8) is 0 Å². The Morgan fingerprint density at radius 1 is 0.818 bits per heavy atom. The summed E-state index contributed by atoms with van der Waals surface area (Å²) in [4.78, 5) is 0. The quantitative estimate of drug-likeness (QED) is 0.620. The van der Waals surface area contributed by atoms with Gasteiger partial charge in [0.05, 0.1) is 0 Å². The summed E-state index contributed by atoms with van der Waals surface area (Å²) in [5.74, 6) is 0.636. The molecule has 0 radical (unpaired) electrons. The molecule has 0 nitrogen and oxygen atoms in total. The minimum absolute atomic E-state index is 0. The van der Waals surface area contributed by atoms with Crippen molar-refractivity contribution >= 4 is 23.1 Å². The number of hydrogen-bond donors (Lipinski definition) is 0. The minimum atomic E-state index is 0. The van der Waals surface area contributed by atoms with Gasteiger partial charge in [0.15, 0.2) is 0 Å². The Bertz CT molecular complexity index is 497. The summed E-state index contributed by atoms with van der Waals surface area (Å²) in [6.07, 6.45) is 2.39. The van der Waals surface area contributed by atoms with Crippen molar-refractivity contribution in [3.05, 3.63) is 71.8 Å². The number of rotatable bonds is 5. The monoisotopic (exact) mass is 346 g/mol. The summed E-state index contributed by atoms with van der Waals surface area (Å²) in [7, 11) is 0. The van der Waals surface area contributed by atoms with Crippen LogP contribution in [0.5, 0.6) is 0 Å². The van der Waals surface area contributed by atoms with Gasteiger partial charge in [0.2, 0.25) is 0 Å². The van der Waals surface area contributed by atoms with E-state index >= 15 is 0 Å². The maximum atomic E-state index is 2.36. The van der Waals surface area contributed by atoms with Gasteiger partial charge in [0.25, 0.3) is 0 Å². The SMILES string of the molecule is CCC(CC(C)(C)c1ccccc1)c1ccccc1.[Cl-].[Cl-].[Mg+2]. The molecule has 0 saturated heterocycles. The van der Waals surface area contributed by atoms with Crippen molar-refractivity contribution in [1.82, 2.24) is 0 Å². The van der Waals surface area contributed by atoms with E-state index in [9.17, 15) is 0 Å². The van der Waals surface area contributed by atoms with Gasteiger partial charge in [-0.05, 0) is 35.3 Å². The fourth-order valence-corrected chi connectivity index (χ4v) is 2.85. The van der Waals surface area contributed by atoms with Crippen molar-refractivity contribution in [1.29, 1.82) is 0 Å². The fourth-order valence-electron chi connectivity index (χ4n) is 2.85. The molecule has 0 N–H and O–H groups in total. The van der Waals surface area contributed by atoms with E-state index in [1.54, 1.807) is 0 Å². The van der Waals surface area contributed by atoms with Crippen LogP contribution in [0.4, 0.5) is 0 Å². The second kappa shape index (κ2) is 11.3. The average molecular weight is 348 g/mol. The van der Waals surface area contributed by atoms with Crippen molar-refractivity contribution in [2.75, 3.05) is 0 Å². The van der Waals surface area contributed by atoms with Crippen LogP contribution in [0.2, 0.25) is 0 Å². The smallest absolute Gasteiger partial charge is 1.00 e. The van der Waals surface area contributed by atoms with Gasteiger partial charge >= 0.3 is 23.1 Å². The average Bonchev–Trinajstić information content (AvgIpc) is 2.47. The molecule has 22 heavy (non-hydrogen) atoms. The first kappa shape index (κ1) is 24.0. The van der Waals surface area contributed by atoms with Crippen LogP contribution >= 0.6 is 0 Å². The zero-order valence-electron chi connectivity index (χ0n) is 13.7. The second-order valence-electron chi connectivity index (χ2n) is 5.97. The molecule has 0 spiro atoms. The Kier molecular flexibility index (Phi) is 12.4. The Morgan fingerprint density at radius 2 is 1.27 bits per heavy atom. The molecule has 2 aromatic rings. The first-order chi connectivity index (χ1) is 9.13. The van der Waals surface area contributed by atoms with Crippen molar-refractivity contribution in [2.45, 2.75) is 44.9 Å². The van der Waals surface area contributed by atoms with Crippen LogP contribution in [0.15, 0.2) is 60.7 Å². The molecule has 0 amide bonds. The van der Waals surface area contributed by atoms with E-state index in [1.165, 1.54) is 24.0 Å². The molecule has 0 heterocycles. The summed E-state index contributed by atoms with van der Waals surface area (Å²) in [5.41, 5.74) is 3.12. The number of halogens is 2. The Labute approximate surface area is 164 Å². The Balaban J connectivity index is 0. The van der Waals surface area contributed by atoms with Gasteiger partial charge in [0.1, 0.15) is 0 Å². The van der Waals surface area contributed by atoms with Gasteiger partial charge < -0.3 is 24.8 Å². The molecule has 1 atom stereocenters. The van der Waals surface area contributed by atoms with E-state index in [4.69, 9.17) is 0 Å². The van der Waals surface area contributed by atoms with E-state index < -0.39 is 0 Å². The van der Waals surface area contributed by atoms with Crippen molar-refractivity contribution in [3.8, 4) is 0 Å². The molecule has 0 fully saturated rings. The van der Waals surface area contributed by atoms with E-state index in [1.807, 2.05) is 0 Å². The zero-order valence-corrected chi connectivity index (χ0v) is 16.7. The third-order valence-corrected chi connectivity index (χ3v) is 4.08. The summed E-state index contributed by atoms with van der Waals surface area (Å²) in [6.45, 7) is 7.00. The second-order valence-corrected chi connectivity index (χ2v) is 5.97. The van der Waals surface area contributed by atoms with E-state index in [0.29, 0.717) is 5.92 Å². The molecule has 0 aliphatic heterocycles. The van der Waals surface area contributed by atoms with Gasteiger partial charge in [-0.25, -0.2) is 0 Å². The van der Waals surface area contributed by atoms with Gasteiger partial charge in [-0.15, -0.1) is 0 Å². The van der Waals surface area contributed by atoms with E-state index in [-0.39, 0.29) is 53.3 Å². The van der Waals surface area contributed by atoms with Gasteiger partial charge in [-0.2, -0.15) is 0 Å². The first-order valence-corrected chi connectivity index (χ1v) is 7.24. The van der Waals surface area contributed by atoms with Gasteiger partial charge in [0, 0.05) is 0 Å². The molecule has 0 aliphatic carbocycles. The first-order valence-electron chi connectivity index (χ1n) is 7.24. The predicted molar refractivity (Wildman–Crippen MR) is 89.3 cm³/mol. The topological polar surface area (TPSA) is 0 Å². The molecule has 3 heteroatoms. The van der Waals surface area contributed by atoms with Crippen LogP contribution in [-0.2, 0) is 5.41 Å². The predicted octanol–water partition coefficient (Wildman–Crippen LogP) is -0.825. The molecule has 2 aromatic carbocycles. The third kappa shape index (κ3) is 6.50. The van der Waals surface area contributed by atoms with Crippen LogP contribution < -0.4 is 24.8 Å². The maximum absolute atomic E-state index is 2.36. The van der Waals surface area contributed by atoms with Crippen LogP contribution in [-0.4, -0.2) is 23.1 Å². The summed E-state index contributed by atoms with van der Waals surface area (Å²) in [6, 6.07) is 21.8. The summed E-state index contributed by atoms with van der Waals surface area (Å²) in [5, 5.41) is 0. The normalized spacial score (nSPS) is 11.4. The molecule has 1 unspecified atom stereocenters. The van der Waals surface area contributed by atoms with E-state index in [0.717, 1.165) is 0 Å². The molecule has 0 aliphatic rings. The van der Waals surface area contributed by atoms with Crippen LogP contribution in [0.1, 0.15) is 50.7 Å². The van der Waals surface area contributed by atoms with Crippen molar-refractivity contribution in [2.24, 2.45) is 0 Å². The molecule has 0 aromatic heterocycles. The van der Waals surface area contributed by atoms with Crippen LogP contribution in [0.3, 0.4) is 0 Å². The number of hydrogen-bond acceptors (Lipinski definition) is 0. The van der Waals surface area contributed by atoms with Gasteiger partial charge in [-0.3, -0.25) is 0 Å². The molecule has 0 saturated carbocycles. The van der Waals surface area contributed by atoms with Crippen molar-refractivity contribution < 1.29 is 24.8 Å². The zero-order chi connectivity index (χ0) is 13.7. The molecule has 116 valence electrons. The maximum Gasteiger partial charge on any atom is 2.00 e. The van der Waals surface area contributed by atoms with Gasteiger partial charge in [-0.1, -0.05) is 81.4 Å². The van der Waals surface area contributed by atoms with Crippen LogP contribution in [0, 0.1) is 0 Å². The Morgan fingerprint density at radius 3 is 1.73 bits per heavy atom. The molecule has 2 rings (SSSR count). The Hall–Kier alpha value is -0.214. The largest absolute Gasteiger partial charge is 2.00 e. The molecular weight excluding hydrogens is 323 g/mol. The third-order valence-electron chi connectivity index (χ3n) is 4.08. The standard InChI is InChI=1S/C19H24.2ClH.Mg/c1-4-16(17-11-7-5-8-12-17)15-19(2,3)18-13-9-6-10-14-18;;;/h5-14,16H,4,15H2,1-3H3;2*1H;/q;;;+2/p-2. The number of benzene rings is 2.